The summed E-state index contributed by atoms with van der Waals surface area (Å²) in [6, 6.07) is 43.0. The molecule has 0 aliphatic carbocycles. The summed E-state index contributed by atoms with van der Waals surface area (Å²) in [5.74, 6) is 4.18. The number of ketones is 1. The Morgan fingerprint density at radius 2 is 0.613 bits per heavy atom. The lowest BCUT2D eigenvalue weighted by Gasteiger charge is -2.15. The van der Waals surface area contributed by atoms with Crippen molar-refractivity contribution in [2.45, 2.75) is 108 Å². The number of carbonyl (C=O) groups is 1. The lowest BCUT2D eigenvalue weighted by atomic mass is 9.96. The van der Waals surface area contributed by atoms with E-state index < -0.39 is 19.7 Å². The summed E-state index contributed by atoms with van der Waals surface area (Å²) in [5, 5.41) is 0. The van der Waals surface area contributed by atoms with E-state index in [0.29, 0.717) is 33.3 Å². The fourth-order valence-electron chi connectivity index (χ4n) is 9.51. The minimum atomic E-state index is -3.62. The predicted molar refractivity (Wildman–Crippen MR) is 299 cm³/mol. The van der Waals surface area contributed by atoms with Crippen LogP contribution in [0.1, 0.15) is 96.5 Å². The molecule has 0 bridgehead atoms. The summed E-state index contributed by atoms with van der Waals surface area (Å²) in [7, 11) is -3.87. The van der Waals surface area contributed by atoms with E-state index in [-0.39, 0.29) is 20.5 Å². The molecule has 0 radical (unpaired) electrons. The van der Waals surface area contributed by atoms with Gasteiger partial charge in [0.05, 0.1) is 33.8 Å². The molecule has 0 saturated heterocycles. The van der Waals surface area contributed by atoms with Gasteiger partial charge < -0.3 is 18.9 Å². The van der Waals surface area contributed by atoms with E-state index in [1.807, 2.05) is 104 Å². The lowest BCUT2D eigenvalue weighted by molar-refractivity contribution is 0.103. The van der Waals surface area contributed by atoms with Crippen LogP contribution in [-0.2, 0) is 38.9 Å². The second-order valence-corrected chi connectivity index (χ2v) is 23.0. The van der Waals surface area contributed by atoms with E-state index in [9.17, 15) is 21.6 Å². The molecule has 0 unspecified atom stereocenters. The topological polar surface area (TPSA) is 122 Å². The molecule has 0 heterocycles. The van der Waals surface area contributed by atoms with E-state index in [4.69, 9.17) is 18.9 Å². The number of hydrogen-bond donors (Lipinski definition) is 0. The monoisotopic (exact) mass is 1040 g/mol. The highest BCUT2D eigenvalue weighted by molar-refractivity contribution is 7.91. The molecule has 8 aromatic carbocycles. The highest BCUT2D eigenvalue weighted by Crippen LogP contribution is 2.35. The first-order valence-electron chi connectivity index (χ1n) is 25.0. The van der Waals surface area contributed by atoms with Crippen LogP contribution in [0.25, 0.3) is 0 Å². The van der Waals surface area contributed by atoms with Crippen LogP contribution in [-0.4, -0.2) is 36.8 Å². The SMILES string of the molecule is CCc1ccc(S(=O)(=O)c2ccc(Oc3c(C)cc(C(=O)c4cc(C)c(OC)c(C)c4)cc3C)cc2)cc1.CCc1ccc(S(=O)(=O)c2ccc(Oc3c(C)cc(Cc4cc(C)c(OC)c(C)c4)cc3C)cc2)cc1. The Balaban J connectivity index is 0.000000219. The molecule has 0 saturated carbocycles. The first-order valence-corrected chi connectivity index (χ1v) is 27.9. The zero-order valence-electron chi connectivity index (χ0n) is 45.0. The van der Waals surface area contributed by atoms with Gasteiger partial charge in [0.1, 0.15) is 34.5 Å². The van der Waals surface area contributed by atoms with Gasteiger partial charge >= 0.3 is 0 Å². The minimum absolute atomic E-state index is 0.0712. The van der Waals surface area contributed by atoms with E-state index in [2.05, 4.69) is 38.1 Å². The normalized spacial score (nSPS) is 11.4. The van der Waals surface area contributed by atoms with Crippen LogP contribution in [0.4, 0.5) is 0 Å². The molecule has 11 heteroatoms. The van der Waals surface area contributed by atoms with Crippen molar-refractivity contribution in [2.75, 3.05) is 14.2 Å². The van der Waals surface area contributed by atoms with Gasteiger partial charge in [-0.15, -0.1) is 0 Å². The van der Waals surface area contributed by atoms with Crippen molar-refractivity contribution in [1.82, 2.24) is 0 Å². The Morgan fingerprint density at radius 3 is 0.893 bits per heavy atom. The van der Waals surface area contributed by atoms with E-state index >= 15 is 0 Å². The van der Waals surface area contributed by atoms with Crippen molar-refractivity contribution in [1.29, 1.82) is 0 Å². The fourth-order valence-corrected chi connectivity index (χ4v) is 12.0. The van der Waals surface area contributed by atoms with Gasteiger partial charge in [0.25, 0.3) is 0 Å². The molecule has 0 aliphatic rings. The highest BCUT2D eigenvalue weighted by Gasteiger charge is 2.21. The fraction of sp³-hybridized carbons (Fsp3) is 0.234. The van der Waals surface area contributed by atoms with Gasteiger partial charge in [0, 0.05) is 11.1 Å². The van der Waals surface area contributed by atoms with Crippen molar-refractivity contribution < 1.29 is 40.6 Å². The molecule has 0 aromatic heterocycles. The van der Waals surface area contributed by atoms with Crippen molar-refractivity contribution in [3.8, 4) is 34.5 Å². The Morgan fingerprint density at radius 1 is 0.360 bits per heavy atom. The quantitative estimate of drug-likeness (QED) is 0.0871. The molecular weight excluding hydrogens is 977 g/mol. The van der Waals surface area contributed by atoms with Crippen LogP contribution in [0.3, 0.4) is 0 Å². The van der Waals surface area contributed by atoms with Crippen LogP contribution in [0.5, 0.6) is 34.5 Å². The molecule has 0 N–H and O–H groups in total. The van der Waals surface area contributed by atoms with Crippen LogP contribution >= 0.6 is 0 Å². The first-order chi connectivity index (χ1) is 35.7. The number of methoxy groups -OCH3 is 2. The summed E-state index contributed by atoms with van der Waals surface area (Å²) < 4.78 is 75.4. The molecule has 8 rings (SSSR count). The Labute approximate surface area is 444 Å². The zero-order chi connectivity index (χ0) is 54.4. The molecule has 0 spiro atoms. The van der Waals surface area contributed by atoms with Gasteiger partial charge in [0.15, 0.2) is 5.78 Å². The van der Waals surface area contributed by atoms with Crippen molar-refractivity contribution in [2.24, 2.45) is 0 Å². The van der Waals surface area contributed by atoms with Crippen LogP contribution in [0.15, 0.2) is 165 Å². The average molecular weight is 1040 g/mol. The number of sulfone groups is 2. The molecule has 0 aliphatic heterocycles. The first kappa shape index (κ1) is 55.3. The summed E-state index contributed by atoms with van der Waals surface area (Å²) in [5.41, 5.74) is 13.6. The maximum atomic E-state index is 13.3. The molecule has 75 heavy (non-hydrogen) atoms. The van der Waals surface area contributed by atoms with E-state index in [1.165, 1.54) is 11.1 Å². The van der Waals surface area contributed by atoms with Crippen LogP contribution in [0, 0.1) is 55.4 Å². The number of carbonyl (C=O) groups excluding carboxylic acids is 1. The maximum Gasteiger partial charge on any atom is 0.206 e. The molecule has 388 valence electrons. The summed E-state index contributed by atoms with van der Waals surface area (Å²) in [6.07, 6.45) is 2.54. The Bertz CT molecular complexity index is 3510. The number of hydrogen-bond acceptors (Lipinski definition) is 9. The third kappa shape index (κ3) is 12.6. The van der Waals surface area contributed by atoms with Gasteiger partial charge in [-0.25, -0.2) is 16.8 Å². The molecule has 8 aromatic rings. The standard InChI is InChI=1S/C32H32O5S.C32H34O4S/c1-7-24-8-12-28(13-9-24)38(34,35)29-14-10-27(11-15-29)37-32-22(4)18-26(19-23(32)5)30(33)25-16-20(2)31(36-6)21(3)17-25;1-7-25-8-12-29(13-9-25)37(33,34)30-14-10-28(11-15-30)36-32-23(4)18-27(19-24(32)5)20-26-16-21(2)31(35-6)22(3)17-26/h8-19H,7H2,1-6H3;8-19H,7,20H2,1-6H3. The second kappa shape index (κ2) is 23.4. The lowest BCUT2D eigenvalue weighted by Crippen LogP contribution is -2.05. The molecule has 9 nitrogen and oxygen atoms in total. The largest absolute Gasteiger partial charge is 0.496 e. The van der Waals surface area contributed by atoms with Crippen molar-refractivity contribution in [3.63, 3.8) is 0 Å². The van der Waals surface area contributed by atoms with Gasteiger partial charge in [-0.2, -0.15) is 0 Å². The highest BCUT2D eigenvalue weighted by atomic mass is 32.2. The van der Waals surface area contributed by atoms with Crippen molar-refractivity contribution >= 4 is 25.5 Å². The smallest absolute Gasteiger partial charge is 0.206 e. The van der Waals surface area contributed by atoms with Crippen LogP contribution in [0.2, 0.25) is 0 Å². The second-order valence-electron chi connectivity index (χ2n) is 19.1. The summed E-state index contributed by atoms with van der Waals surface area (Å²) >= 11 is 0. The number of rotatable bonds is 16. The Hall–Kier alpha value is -7.47. The minimum Gasteiger partial charge on any atom is -0.496 e. The molecule has 0 atom stereocenters. The predicted octanol–water partition coefficient (Wildman–Crippen LogP) is 15.1. The van der Waals surface area contributed by atoms with Gasteiger partial charge in [-0.3, -0.25) is 4.79 Å². The maximum absolute atomic E-state index is 13.3. The molecular formula is C64H66O9S2. The number of benzene rings is 8. The molecule has 0 amide bonds. The number of ether oxygens (including phenoxy) is 4. The molecule has 0 fully saturated rings. The van der Waals surface area contributed by atoms with Gasteiger partial charge in [-0.05, 0) is 238 Å². The van der Waals surface area contributed by atoms with Gasteiger partial charge in [0.2, 0.25) is 19.7 Å². The van der Waals surface area contributed by atoms with Crippen molar-refractivity contribution in [3.05, 3.63) is 223 Å². The van der Waals surface area contributed by atoms with E-state index in [0.717, 1.165) is 92.1 Å². The summed E-state index contributed by atoms with van der Waals surface area (Å²) in [4.78, 5) is 14.3. The third-order valence-corrected chi connectivity index (χ3v) is 16.9. The Kier molecular flexibility index (Phi) is 17.2. The zero-order valence-corrected chi connectivity index (χ0v) is 46.6. The average Bonchev–Trinajstić information content (AvgIpc) is 3.38. The van der Waals surface area contributed by atoms with Gasteiger partial charge in [-0.1, -0.05) is 62.4 Å². The summed E-state index contributed by atoms with van der Waals surface area (Å²) in [6.45, 7) is 19.9. The third-order valence-electron chi connectivity index (χ3n) is 13.3. The number of aryl methyl sites for hydroxylation is 10. The van der Waals surface area contributed by atoms with E-state index in [1.54, 1.807) is 87.0 Å². The van der Waals surface area contributed by atoms with Crippen LogP contribution < -0.4 is 18.9 Å².